The molecule has 0 aliphatic carbocycles. The zero-order valence-electron chi connectivity index (χ0n) is 25.5. The first-order valence-electron chi connectivity index (χ1n) is 15.4. The Morgan fingerprint density at radius 3 is 2.57 bits per heavy atom. The number of aromatic carboxylic acids is 1. The minimum absolute atomic E-state index is 0.178. The number of para-hydroxylation sites is 1. The van der Waals surface area contributed by atoms with Crippen molar-refractivity contribution in [2.75, 3.05) is 24.5 Å². The summed E-state index contributed by atoms with van der Waals surface area (Å²) in [4.78, 5) is 32.7. The van der Waals surface area contributed by atoms with Crippen molar-refractivity contribution >= 4 is 17.6 Å². The molecule has 228 valence electrons. The van der Waals surface area contributed by atoms with E-state index in [-0.39, 0.29) is 11.5 Å². The van der Waals surface area contributed by atoms with E-state index in [9.17, 15) is 19.8 Å². The minimum atomic E-state index is -0.987. The van der Waals surface area contributed by atoms with Crippen molar-refractivity contribution in [3.63, 3.8) is 0 Å². The number of carbonyl (C=O) groups is 2. The molecule has 1 amide bonds. The lowest BCUT2D eigenvalue weighted by atomic mass is 9.87. The van der Waals surface area contributed by atoms with Gasteiger partial charge in [0.05, 0.1) is 11.9 Å². The molecule has 0 saturated carbocycles. The summed E-state index contributed by atoms with van der Waals surface area (Å²) in [7, 11) is 0. The number of likely N-dealkylation sites (tertiary alicyclic amines) is 1. The van der Waals surface area contributed by atoms with Crippen LogP contribution in [0.4, 0.5) is 5.69 Å². The molecule has 2 aliphatic heterocycles. The molecule has 6 rings (SSSR count). The van der Waals surface area contributed by atoms with E-state index in [0.29, 0.717) is 36.9 Å². The number of anilines is 1. The first-order chi connectivity index (χ1) is 21.2. The van der Waals surface area contributed by atoms with Crippen molar-refractivity contribution < 1.29 is 19.8 Å². The van der Waals surface area contributed by atoms with Crippen LogP contribution in [0.15, 0.2) is 60.9 Å². The summed E-state index contributed by atoms with van der Waals surface area (Å²) in [5.74, 6) is -0.154. The maximum Gasteiger partial charge on any atom is 0.339 e. The second-order valence-electron chi connectivity index (χ2n) is 11.9. The number of aromatic nitrogens is 3. The van der Waals surface area contributed by atoms with Gasteiger partial charge in [0, 0.05) is 43.6 Å². The monoisotopic (exact) mass is 593 g/mol. The molecule has 4 aromatic rings. The van der Waals surface area contributed by atoms with Crippen LogP contribution >= 0.6 is 0 Å². The standard InChI is InChI=1S/C35H39N5O4/c1-4-31-30(35(43)44)20-37-40(31)32-19-27(10-14-36-32)29-7-5-6-25-13-17-39(33(25)29)21-28-9-8-26(18-22(28)2)24-11-15-38(16-12-24)34(42)23(3)41/h5-10,14,18-20,23-24,41H,4,11-13,15-17,21H2,1-3H3,(H,43,44)/t23-/m0/s1. The Bertz CT molecular complexity index is 1700. The van der Waals surface area contributed by atoms with Gasteiger partial charge in [0.1, 0.15) is 11.7 Å². The fourth-order valence-electron chi connectivity index (χ4n) is 6.77. The Morgan fingerprint density at radius 2 is 1.86 bits per heavy atom. The fourth-order valence-corrected chi connectivity index (χ4v) is 6.77. The van der Waals surface area contributed by atoms with E-state index in [1.165, 1.54) is 41.1 Å². The van der Waals surface area contributed by atoms with Crippen molar-refractivity contribution in [3.05, 3.63) is 94.4 Å². The van der Waals surface area contributed by atoms with Gasteiger partial charge in [-0.25, -0.2) is 14.5 Å². The van der Waals surface area contributed by atoms with E-state index in [1.807, 2.05) is 19.1 Å². The summed E-state index contributed by atoms with van der Waals surface area (Å²) in [6.07, 6.45) is 5.53. The number of aliphatic hydroxyl groups is 1. The number of hydrogen-bond donors (Lipinski definition) is 2. The third kappa shape index (κ3) is 5.59. The molecule has 0 radical (unpaired) electrons. The SMILES string of the molecule is CCc1c(C(=O)O)cnn1-c1cc(-c2cccc3c2N(Cc2ccc(C4CCN(C(=O)[C@H](C)O)CC4)cc2C)CC3)ccn1. The number of piperidine rings is 1. The quantitative estimate of drug-likeness (QED) is 0.291. The van der Waals surface area contributed by atoms with Crippen molar-refractivity contribution in [3.8, 4) is 16.9 Å². The van der Waals surface area contributed by atoms with Crippen molar-refractivity contribution in [2.24, 2.45) is 0 Å². The maximum atomic E-state index is 12.2. The third-order valence-corrected chi connectivity index (χ3v) is 9.16. The fraction of sp³-hybridized carbons (Fsp3) is 0.371. The summed E-state index contributed by atoms with van der Waals surface area (Å²) in [5, 5.41) is 23.6. The maximum absolute atomic E-state index is 12.2. The molecule has 4 heterocycles. The molecule has 2 aromatic heterocycles. The first-order valence-corrected chi connectivity index (χ1v) is 15.4. The molecule has 2 aliphatic rings. The molecular weight excluding hydrogens is 554 g/mol. The number of carboxylic acids is 1. The van der Waals surface area contributed by atoms with Crippen LogP contribution in [0.2, 0.25) is 0 Å². The smallest absolute Gasteiger partial charge is 0.339 e. The predicted molar refractivity (Wildman–Crippen MR) is 169 cm³/mol. The summed E-state index contributed by atoms with van der Waals surface area (Å²) in [6.45, 7) is 8.74. The Morgan fingerprint density at radius 1 is 1.07 bits per heavy atom. The van der Waals surface area contributed by atoms with E-state index in [2.05, 4.69) is 58.3 Å². The van der Waals surface area contributed by atoms with Gasteiger partial charge < -0.3 is 20.0 Å². The van der Waals surface area contributed by atoms with Crippen molar-refractivity contribution in [1.82, 2.24) is 19.7 Å². The Hall–Kier alpha value is -4.50. The molecule has 1 saturated heterocycles. The molecule has 0 unspecified atom stereocenters. The van der Waals surface area contributed by atoms with Crippen LogP contribution < -0.4 is 4.90 Å². The van der Waals surface area contributed by atoms with Crippen LogP contribution in [0.3, 0.4) is 0 Å². The van der Waals surface area contributed by atoms with Crippen LogP contribution in [-0.4, -0.2) is 67.5 Å². The highest BCUT2D eigenvalue weighted by Gasteiger charge is 2.27. The molecule has 1 atom stereocenters. The van der Waals surface area contributed by atoms with E-state index in [4.69, 9.17) is 0 Å². The number of benzene rings is 2. The number of aliphatic hydroxyl groups excluding tert-OH is 1. The number of hydrogen-bond acceptors (Lipinski definition) is 6. The lowest BCUT2D eigenvalue weighted by molar-refractivity contribution is -0.140. The Kier molecular flexibility index (Phi) is 8.23. The largest absolute Gasteiger partial charge is 0.478 e. The number of aryl methyl sites for hydroxylation is 1. The van der Waals surface area contributed by atoms with Gasteiger partial charge in [-0.05, 0) is 85.4 Å². The van der Waals surface area contributed by atoms with Crippen LogP contribution in [0.25, 0.3) is 16.9 Å². The number of rotatable bonds is 8. The second-order valence-corrected chi connectivity index (χ2v) is 11.9. The highest BCUT2D eigenvalue weighted by molar-refractivity contribution is 5.89. The Balaban J connectivity index is 1.23. The van der Waals surface area contributed by atoms with E-state index < -0.39 is 12.1 Å². The number of pyridine rings is 1. The van der Waals surface area contributed by atoms with Gasteiger partial charge in [-0.1, -0.05) is 43.3 Å². The van der Waals surface area contributed by atoms with Crippen LogP contribution in [0.5, 0.6) is 0 Å². The molecule has 9 heteroatoms. The molecule has 2 N–H and O–H groups in total. The molecule has 44 heavy (non-hydrogen) atoms. The van der Waals surface area contributed by atoms with Gasteiger partial charge in [0.2, 0.25) is 0 Å². The predicted octanol–water partition coefficient (Wildman–Crippen LogP) is 5.15. The average molecular weight is 594 g/mol. The van der Waals surface area contributed by atoms with E-state index in [0.717, 1.165) is 43.5 Å². The van der Waals surface area contributed by atoms with Crippen LogP contribution in [-0.2, 0) is 24.2 Å². The van der Waals surface area contributed by atoms with Crippen LogP contribution in [0.1, 0.15) is 70.9 Å². The summed E-state index contributed by atoms with van der Waals surface area (Å²) >= 11 is 0. The van der Waals surface area contributed by atoms with Gasteiger partial charge in [0.25, 0.3) is 5.91 Å². The highest BCUT2D eigenvalue weighted by Crippen LogP contribution is 2.40. The molecule has 9 nitrogen and oxygen atoms in total. The number of amides is 1. The zero-order chi connectivity index (χ0) is 31.0. The summed E-state index contributed by atoms with van der Waals surface area (Å²) in [5.41, 5.74) is 9.38. The highest BCUT2D eigenvalue weighted by atomic mass is 16.4. The van der Waals surface area contributed by atoms with Crippen LogP contribution in [0, 0.1) is 6.92 Å². The lowest BCUT2D eigenvalue weighted by Crippen LogP contribution is -2.42. The second kappa shape index (κ2) is 12.2. The van der Waals surface area contributed by atoms with Gasteiger partial charge >= 0.3 is 5.97 Å². The zero-order valence-corrected chi connectivity index (χ0v) is 25.5. The van der Waals surface area contributed by atoms with Gasteiger partial charge in [0.15, 0.2) is 5.82 Å². The topological polar surface area (TPSA) is 112 Å². The Labute approximate surface area is 257 Å². The number of fused-ring (bicyclic) bond motifs is 1. The molecule has 0 bridgehead atoms. The number of carbonyl (C=O) groups excluding carboxylic acids is 1. The normalized spacial score (nSPS) is 15.8. The van der Waals surface area contributed by atoms with Gasteiger partial charge in [-0.15, -0.1) is 0 Å². The van der Waals surface area contributed by atoms with Crippen molar-refractivity contribution in [2.45, 2.75) is 65.0 Å². The van der Waals surface area contributed by atoms with Crippen molar-refractivity contribution in [1.29, 1.82) is 0 Å². The molecular formula is C35H39N5O4. The average Bonchev–Trinajstić information content (AvgIpc) is 3.66. The van der Waals surface area contributed by atoms with E-state index >= 15 is 0 Å². The number of nitrogens with zero attached hydrogens (tertiary/aromatic N) is 5. The lowest BCUT2D eigenvalue weighted by Gasteiger charge is -2.33. The summed E-state index contributed by atoms with van der Waals surface area (Å²) < 4.78 is 1.63. The third-order valence-electron chi connectivity index (χ3n) is 9.16. The first kappa shape index (κ1) is 29.6. The number of carboxylic acid groups (broad SMARTS) is 1. The van der Waals surface area contributed by atoms with Gasteiger partial charge in [-0.3, -0.25) is 4.79 Å². The molecule has 2 aromatic carbocycles. The van der Waals surface area contributed by atoms with E-state index in [1.54, 1.807) is 15.8 Å². The molecule has 0 spiro atoms. The summed E-state index contributed by atoms with van der Waals surface area (Å²) in [6, 6.07) is 17.3. The van der Waals surface area contributed by atoms with Gasteiger partial charge in [-0.2, -0.15) is 5.10 Å². The molecule has 1 fully saturated rings. The minimum Gasteiger partial charge on any atom is -0.478 e.